The summed E-state index contributed by atoms with van der Waals surface area (Å²) in [4.78, 5) is 26.7. The van der Waals surface area contributed by atoms with Crippen LogP contribution in [-0.4, -0.2) is 29.5 Å². The zero-order chi connectivity index (χ0) is 16.6. The number of carbonyl (C=O) groups excluding carboxylic acids is 2. The second kappa shape index (κ2) is 6.35. The number of esters is 1. The fourth-order valence-electron chi connectivity index (χ4n) is 2.91. The van der Waals surface area contributed by atoms with Crippen molar-refractivity contribution in [3.05, 3.63) is 45.6 Å². The van der Waals surface area contributed by atoms with Gasteiger partial charge in [0, 0.05) is 16.2 Å². The van der Waals surface area contributed by atoms with Gasteiger partial charge >= 0.3 is 12.0 Å². The van der Waals surface area contributed by atoms with Gasteiger partial charge < -0.3 is 10.1 Å². The van der Waals surface area contributed by atoms with E-state index >= 15 is 0 Å². The van der Waals surface area contributed by atoms with Crippen LogP contribution in [0, 0.1) is 0 Å². The highest BCUT2D eigenvalue weighted by molar-refractivity contribution is 9.10. The second-order valence-corrected chi connectivity index (χ2v) is 6.67. The first-order valence-corrected chi connectivity index (χ1v) is 8.55. The number of halogens is 1. The van der Waals surface area contributed by atoms with E-state index in [-0.39, 0.29) is 18.0 Å². The van der Waals surface area contributed by atoms with Crippen molar-refractivity contribution >= 4 is 27.9 Å². The molecule has 5 nitrogen and oxygen atoms in total. The molecule has 1 aliphatic carbocycles. The topological polar surface area (TPSA) is 58.6 Å². The van der Waals surface area contributed by atoms with Crippen molar-refractivity contribution in [3.63, 3.8) is 0 Å². The van der Waals surface area contributed by atoms with Gasteiger partial charge in [-0.15, -0.1) is 0 Å². The van der Waals surface area contributed by atoms with E-state index in [4.69, 9.17) is 4.74 Å². The molecule has 0 unspecified atom stereocenters. The summed E-state index contributed by atoms with van der Waals surface area (Å²) in [6.45, 7) is 3.91. The Labute approximate surface area is 143 Å². The summed E-state index contributed by atoms with van der Waals surface area (Å²) in [6.07, 6.45) is 1.95. The number of amides is 2. The third-order valence-corrected chi connectivity index (χ3v) is 4.67. The maximum Gasteiger partial charge on any atom is 0.338 e. The first kappa shape index (κ1) is 16.1. The van der Waals surface area contributed by atoms with Crippen molar-refractivity contribution in [2.75, 3.05) is 6.61 Å². The SMILES string of the molecule is CCOC(=O)C1=C(C)N(C2CC2)C(=O)N[C@@H]1c1ccc(Br)cc1. The van der Waals surface area contributed by atoms with Crippen LogP contribution < -0.4 is 5.32 Å². The summed E-state index contributed by atoms with van der Waals surface area (Å²) < 4.78 is 6.17. The number of hydrogen-bond acceptors (Lipinski definition) is 3. The average molecular weight is 379 g/mol. The van der Waals surface area contributed by atoms with Crippen molar-refractivity contribution in [2.45, 2.75) is 38.8 Å². The molecule has 0 radical (unpaired) electrons. The molecule has 0 aromatic heterocycles. The van der Waals surface area contributed by atoms with Crippen LogP contribution in [-0.2, 0) is 9.53 Å². The van der Waals surface area contributed by atoms with E-state index in [1.807, 2.05) is 31.2 Å². The third kappa shape index (κ3) is 3.13. The summed E-state index contributed by atoms with van der Waals surface area (Å²) in [5.74, 6) is -0.372. The number of urea groups is 1. The Hall–Kier alpha value is -1.82. The summed E-state index contributed by atoms with van der Waals surface area (Å²) in [5, 5.41) is 2.96. The monoisotopic (exact) mass is 378 g/mol. The fraction of sp³-hybridized carbons (Fsp3) is 0.412. The molecule has 0 saturated heterocycles. The molecular formula is C17H19BrN2O3. The highest BCUT2D eigenvalue weighted by atomic mass is 79.9. The standard InChI is InChI=1S/C17H19BrN2O3/c1-3-23-16(21)14-10(2)20(13-8-9-13)17(22)19-15(14)11-4-6-12(18)7-5-11/h4-7,13,15H,3,8-9H2,1-2H3,(H,19,22)/t15-/m1/s1. The molecule has 0 bridgehead atoms. The van der Waals surface area contributed by atoms with Gasteiger partial charge in [0.25, 0.3) is 0 Å². The van der Waals surface area contributed by atoms with Gasteiger partial charge in [-0.05, 0) is 44.4 Å². The fourth-order valence-corrected chi connectivity index (χ4v) is 3.17. The lowest BCUT2D eigenvalue weighted by atomic mass is 9.95. The van der Waals surface area contributed by atoms with E-state index in [0.717, 1.165) is 22.9 Å². The van der Waals surface area contributed by atoms with Crippen LogP contribution >= 0.6 is 15.9 Å². The van der Waals surface area contributed by atoms with Gasteiger partial charge in [0.1, 0.15) is 0 Å². The number of hydrogen-bond donors (Lipinski definition) is 1. The Bertz CT molecular complexity index is 665. The average Bonchev–Trinajstić information content (AvgIpc) is 3.32. The van der Waals surface area contributed by atoms with Crippen molar-refractivity contribution in [1.29, 1.82) is 0 Å². The van der Waals surface area contributed by atoms with Gasteiger partial charge in [-0.3, -0.25) is 4.90 Å². The van der Waals surface area contributed by atoms with Crippen LogP contribution in [0.3, 0.4) is 0 Å². The minimum absolute atomic E-state index is 0.147. The molecule has 1 N–H and O–H groups in total. The predicted molar refractivity (Wildman–Crippen MR) is 89.6 cm³/mol. The Morgan fingerprint density at radius 1 is 1.35 bits per heavy atom. The number of benzene rings is 1. The predicted octanol–water partition coefficient (Wildman–Crippen LogP) is 3.51. The van der Waals surface area contributed by atoms with Crippen LogP contribution in [0.15, 0.2) is 40.0 Å². The molecule has 6 heteroatoms. The highest BCUT2D eigenvalue weighted by Gasteiger charge is 2.42. The first-order chi connectivity index (χ1) is 11.0. The molecule has 122 valence electrons. The van der Waals surface area contributed by atoms with Crippen molar-refractivity contribution in [3.8, 4) is 0 Å². The van der Waals surface area contributed by atoms with E-state index in [0.29, 0.717) is 17.9 Å². The quantitative estimate of drug-likeness (QED) is 0.815. The van der Waals surface area contributed by atoms with Gasteiger partial charge in [-0.2, -0.15) is 0 Å². The number of ether oxygens (including phenoxy) is 1. The van der Waals surface area contributed by atoms with Crippen LogP contribution in [0.25, 0.3) is 0 Å². The maximum absolute atomic E-state index is 12.5. The molecule has 2 aliphatic rings. The molecule has 1 atom stereocenters. The molecule has 23 heavy (non-hydrogen) atoms. The van der Waals surface area contributed by atoms with Crippen molar-refractivity contribution in [1.82, 2.24) is 10.2 Å². The van der Waals surface area contributed by atoms with Crippen molar-refractivity contribution in [2.24, 2.45) is 0 Å². The number of allylic oxidation sites excluding steroid dienone is 1. The summed E-state index contributed by atoms with van der Waals surface area (Å²) >= 11 is 3.40. The van der Waals surface area contributed by atoms with Gasteiger partial charge in [0.05, 0.1) is 18.2 Å². The maximum atomic E-state index is 12.5. The Morgan fingerprint density at radius 3 is 2.57 bits per heavy atom. The Morgan fingerprint density at radius 2 is 2.00 bits per heavy atom. The zero-order valence-corrected chi connectivity index (χ0v) is 14.7. The normalized spacial score (nSPS) is 21.3. The number of rotatable bonds is 4. The zero-order valence-electron chi connectivity index (χ0n) is 13.1. The lowest BCUT2D eigenvalue weighted by Gasteiger charge is -2.35. The van der Waals surface area contributed by atoms with E-state index in [9.17, 15) is 9.59 Å². The molecule has 0 spiro atoms. The molecule has 1 aromatic rings. The first-order valence-electron chi connectivity index (χ1n) is 7.76. The van der Waals surface area contributed by atoms with Crippen LogP contribution in [0.2, 0.25) is 0 Å². The van der Waals surface area contributed by atoms with E-state index in [1.54, 1.807) is 11.8 Å². The smallest absolute Gasteiger partial charge is 0.338 e. The number of nitrogens with zero attached hydrogens (tertiary/aromatic N) is 1. The summed E-state index contributed by atoms with van der Waals surface area (Å²) in [7, 11) is 0. The Kier molecular flexibility index (Phi) is 4.43. The minimum Gasteiger partial charge on any atom is -0.463 e. The Balaban J connectivity index is 2.04. The molecule has 1 heterocycles. The van der Waals surface area contributed by atoms with Crippen LogP contribution in [0.1, 0.15) is 38.3 Å². The van der Waals surface area contributed by atoms with Crippen LogP contribution in [0.5, 0.6) is 0 Å². The minimum atomic E-state index is -0.482. The second-order valence-electron chi connectivity index (χ2n) is 5.75. The molecule has 3 rings (SSSR count). The van der Waals surface area contributed by atoms with Gasteiger partial charge in [-0.1, -0.05) is 28.1 Å². The van der Waals surface area contributed by atoms with Crippen LogP contribution in [0.4, 0.5) is 4.79 Å². The molecule has 1 aromatic carbocycles. The number of carbonyl (C=O) groups is 2. The summed E-state index contributed by atoms with van der Waals surface area (Å²) in [5.41, 5.74) is 2.07. The lowest BCUT2D eigenvalue weighted by Crippen LogP contribution is -2.48. The van der Waals surface area contributed by atoms with E-state index < -0.39 is 6.04 Å². The third-order valence-electron chi connectivity index (χ3n) is 4.14. The van der Waals surface area contributed by atoms with E-state index in [1.165, 1.54) is 0 Å². The lowest BCUT2D eigenvalue weighted by molar-refractivity contribution is -0.139. The number of nitrogens with one attached hydrogen (secondary N) is 1. The van der Waals surface area contributed by atoms with E-state index in [2.05, 4.69) is 21.2 Å². The van der Waals surface area contributed by atoms with Gasteiger partial charge in [0.2, 0.25) is 0 Å². The van der Waals surface area contributed by atoms with Crippen molar-refractivity contribution < 1.29 is 14.3 Å². The van der Waals surface area contributed by atoms with Gasteiger partial charge in [-0.25, -0.2) is 9.59 Å². The highest BCUT2D eigenvalue weighted by Crippen LogP contribution is 2.38. The molecular weight excluding hydrogens is 360 g/mol. The van der Waals surface area contributed by atoms with Gasteiger partial charge in [0.15, 0.2) is 0 Å². The molecule has 1 saturated carbocycles. The molecule has 1 fully saturated rings. The molecule has 1 aliphatic heterocycles. The largest absolute Gasteiger partial charge is 0.463 e. The summed E-state index contributed by atoms with van der Waals surface area (Å²) in [6, 6.07) is 7.16. The molecule has 2 amide bonds.